The second-order valence-electron chi connectivity index (χ2n) is 9.18. The molecule has 1 saturated carbocycles. The summed E-state index contributed by atoms with van der Waals surface area (Å²) in [5.74, 6) is -2.76. The lowest BCUT2D eigenvalue weighted by Gasteiger charge is -2.31. The number of ketones is 1. The molecular formula is C27H29F2NO4. The Balaban J connectivity index is 1.24. The molecule has 0 N–H and O–H groups in total. The molecule has 180 valence electrons. The van der Waals surface area contributed by atoms with Gasteiger partial charge in [0.2, 0.25) is 0 Å². The molecule has 1 aliphatic heterocycles. The van der Waals surface area contributed by atoms with Crippen LogP contribution in [0, 0.1) is 17.6 Å². The number of likely N-dealkylation sites (tertiary alicyclic amines) is 1. The molecule has 2 aromatic rings. The minimum absolute atomic E-state index is 0.192. The van der Waals surface area contributed by atoms with Gasteiger partial charge in [-0.3, -0.25) is 14.4 Å². The maximum Gasteiger partial charge on any atom is 0.309 e. The van der Waals surface area contributed by atoms with Crippen molar-refractivity contribution in [3.05, 3.63) is 70.8 Å². The van der Waals surface area contributed by atoms with Gasteiger partial charge < -0.3 is 9.64 Å². The van der Waals surface area contributed by atoms with Crippen molar-refractivity contribution in [2.45, 2.75) is 50.9 Å². The Bertz CT molecular complexity index is 1040. The first-order valence-corrected chi connectivity index (χ1v) is 12.0. The van der Waals surface area contributed by atoms with E-state index in [2.05, 4.69) is 0 Å². The number of nitrogens with zero attached hydrogens (tertiary/aromatic N) is 1. The van der Waals surface area contributed by atoms with Crippen LogP contribution in [0.2, 0.25) is 0 Å². The van der Waals surface area contributed by atoms with Crippen LogP contribution < -0.4 is 0 Å². The number of halogens is 2. The molecule has 5 nitrogen and oxygen atoms in total. The van der Waals surface area contributed by atoms with Crippen molar-refractivity contribution in [1.82, 2.24) is 4.90 Å². The Morgan fingerprint density at radius 3 is 2.21 bits per heavy atom. The van der Waals surface area contributed by atoms with Crippen LogP contribution in [0.5, 0.6) is 0 Å². The Kier molecular flexibility index (Phi) is 7.70. The van der Waals surface area contributed by atoms with Gasteiger partial charge in [-0.15, -0.1) is 0 Å². The molecule has 0 atom stereocenters. The van der Waals surface area contributed by atoms with Crippen molar-refractivity contribution in [2.24, 2.45) is 5.92 Å². The number of carbonyl (C=O) groups excluding carboxylic acids is 3. The summed E-state index contributed by atoms with van der Waals surface area (Å²) in [5.41, 5.74) is 1.59. The topological polar surface area (TPSA) is 63.7 Å². The Morgan fingerprint density at radius 1 is 0.882 bits per heavy atom. The van der Waals surface area contributed by atoms with E-state index in [1.807, 2.05) is 12.1 Å². The standard InChI is InChI=1S/C27H29F2NO4/c28-22-10-11-23(24(29)16-22)26(32)30-14-12-21(13-15-30)27(33)34-17-25(31)20-8-6-19(7-9-20)18-4-2-1-3-5-18/h6-11,16,18,21H,1-5,12-15,17H2. The van der Waals surface area contributed by atoms with Crippen molar-refractivity contribution >= 4 is 17.7 Å². The third kappa shape index (κ3) is 5.69. The molecule has 2 aliphatic rings. The van der Waals surface area contributed by atoms with Crippen LogP contribution in [0.4, 0.5) is 8.78 Å². The molecule has 2 aromatic carbocycles. The van der Waals surface area contributed by atoms with E-state index in [1.54, 1.807) is 12.1 Å². The zero-order chi connectivity index (χ0) is 24.1. The van der Waals surface area contributed by atoms with E-state index in [-0.39, 0.29) is 31.0 Å². The monoisotopic (exact) mass is 469 g/mol. The average molecular weight is 470 g/mol. The fourth-order valence-electron chi connectivity index (χ4n) is 4.87. The number of carbonyl (C=O) groups is 3. The molecule has 4 rings (SSSR count). The van der Waals surface area contributed by atoms with Crippen molar-refractivity contribution in [3.63, 3.8) is 0 Å². The highest BCUT2D eigenvalue weighted by Crippen LogP contribution is 2.32. The van der Waals surface area contributed by atoms with Gasteiger partial charge in [0.25, 0.3) is 5.91 Å². The van der Waals surface area contributed by atoms with E-state index in [9.17, 15) is 23.2 Å². The highest BCUT2D eigenvalue weighted by Gasteiger charge is 2.30. The van der Waals surface area contributed by atoms with Crippen LogP contribution in [0.15, 0.2) is 42.5 Å². The van der Waals surface area contributed by atoms with Gasteiger partial charge in [0, 0.05) is 24.7 Å². The number of hydrogen-bond acceptors (Lipinski definition) is 4. The van der Waals surface area contributed by atoms with Crippen LogP contribution in [-0.4, -0.2) is 42.3 Å². The van der Waals surface area contributed by atoms with Crippen LogP contribution in [0.3, 0.4) is 0 Å². The first-order valence-electron chi connectivity index (χ1n) is 12.0. The van der Waals surface area contributed by atoms with E-state index in [4.69, 9.17) is 4.74 Å². The first kappa shape index (κ1) is 24.0. The minimum atomic E-state index is -0.906. The van der Waals surface area contributed by atoms with Crippen molar-refractivity contribution < 1.29 is 27.9 Å². The molecule has 7 heteroatoms. The lowest BCUT2D eigenvalue weighted by molar-refractivity contribution is -0.148. The number of esters is 1. The molecule has 1 saturated heterocycles. The zero-order valence-electron chi connectivity index (χ0n) is 19.1. The van der Waals surface area contributed by atoms with Gasteiger partial charge in [-0.1, -0.05) is 43.5 Å². The Hall–Kier alpha value is -3.09. The molecule has 0 unspecified atom stereocenters. The van der Waals surface area contributed by atoms with E-state index in [1.165, 1.54) is 42.6 Å². The molecule has 0 aromatic heterocycles. The molecule has 1 aliphatic carbocycles. The highest BCUT2D eigenvalue weighted by atomic mass is 19.1. The third-order valence-electron chi connectivity index (χ3n) is 6.93. The molecule has 1 heterocycles. The third-order valence-corrected chi connectivity index (χ3v) is 6.93. The Morgan fingerprint density at radius 2 is 1.56 bits per heavy atom. The van der Waals surface area contributed by atoms with E-state index in [0.29, 0.717) is 30.4 Å². The number of rotatable bonds is 6. The predicted molar refractivity (Wildman–Crippen MR) is 123 cm³/mol. The summed E-state index contributed by atoms with van der Waals surface area (Å²) in [6.45, 7) is 0.194. The number of hydrogen-bond donors (Lipinski definition) is 0. The number of benzene rings is 2. The predicted octanol–water partition coefficient (Wildman–Crippen LogP) is 5.29. The summed E-state index contributed by atoms with van der Waals surface area (Å²) in [6.07, 6.45) is 6.88. The zero-order valence-corrected chi connectivity index (χ0v) is 19.1. The second-order valence-corrected chi connectivity index (χ2v) is 9.18. The molecule has 34 heavy (non-hydrogen) atoms. The quantitative estimate of drug-likeness (QED) is 0.426. The summed E-state index contributed by atoms with van der Waals surface area (Å²) in [7, 11) is 0. The van der Waals surface area contributed by atoms with Gasteiger partial charge in [-0.25, -0.2) is 8.78 Å². The number of amides is 1. The molecule has 2 fully saturated rings. The van der Waals surface area contributed by atoms with Crippen molar-refractivity contribution in [1.29, 1.82) is 0 Å². The summed E-state index contributed by atoms with van der Waals surface area (Å²) >= 11 is 0. The summed E-state index contributed by atoms with van der Waals surface area (Å²) in [5, 5.41) is 0. The van der Waals surface area contributed by atoms with Gasteiger partial charge in [0.05, 0.1) is 11.5 Å². The number of piperidine rings is 1. The fourth-order valence-corrected chi connectivity index (χ4v) is 4.87. The molecule has 0 radical (unpaired) electrons. The van der Waals surface area contributed by atoms with Crippen LogP contribution in [0.25, 0.3) is 0 Å². The number of Topliss-reactive ketones (excluding diaryl/α,β-unsaturated/α-hetero) is 1. The molecule has 1 amide bonds. The van der Waals surface area contributed by atoms with Crippen molar-refractivity contribution in [2.75, 3.05) is 19.7 Å². The van der Waals surface area contributed by atoms with Gasteiger partial charge in [-0.2, -0.15) is 0 Å². The lowest BCUT2D eigenvalue weighted by atomic mass is 9.84. The van der Waals surface area contributed by atoms with Gasteiger partial charge in [-0.05, 0) is 49.3 Å². The van der Waals surface area contributed by atoms with Crippen LogP contribution in [0.1, 0.15) is 77.1 Å². The maximum absolute atomic E-state index is 13.9. The van der Waals surface area contributed by atoms with Crippen LogP contribution >= 0.6 is 0 Å². The van der Waals surface area contributed by atoms with Crippen molar-refractivity contribution in [3.8, 4) is 0 Å². The highest BCUT2D eigenvalue weighted by molar-refractivity contribution is 5.98. The van der Waals surface area contributed by atoms with Gasteiger partial charge >= 0.3 is 5.97 Å². The SMILES string of the molecule is O=C(COC(=O)C1CCN(C(=O)c2ccc(F)cc2F)CC1)c1ccc(C2CCCCC2)cc1. The number of ether oxygens (including phenoxy) is 1. The first-order chi connectivity index (χ1) is 16.4. The average Bonchev–Trinajstić information content (AvgIpc) is 2.87. The summed E-state index contributed by atoms with van der Waals surface area (Å²) < 4.78 is 32.2. The molecule has 0 spiro atoms. The summed E-state index contributed by atoms with van der Waals surface area (Å²) in [6, 6.07) is 10.5. The Labute approximate surface area is 198 Å². The van der Waals surface area contributed by atoms with E-state index >= 15 is 0 Å². The van der Waals surface area contributed by atoms with Crippen LogP contribution in [-0.2, 0) is 9.53 Å². The summed E-state index contributed by atoms with van der Waals surface area (Å²) in [4.78, 5) is 38.9. The molecule has 0 bridgehead atoms. The fraction of sp³-hybridized carbons (Fsp3) is 0.444. The normalized spacial score (nSPS) is 17.4. The van der Waals surface area contributed by atoms with E-state index < -0.39 is 29.4 Å². The molecular weight excluding hydrogens is 440 g/mol. The second kappa shape index (κ2) is 10.9. The van der Waals surface area contributed by atoms with Gasteiger partial charge in [0.1, 0.15) is 11.6 Å². The largest absolute Gasteiger partial charge is 0.457 e. The lowest BCUT2D eigenvalue weighted by Crippen LogP contribution is -2.41. The van der Waals surface area contributed by atoms with E-state index in [0.717, 1.165) is 12.1 Å². The smallest absolute Gasteiger partial charge is 0.309 e. The van der Waals surface area contributed by atoms with Gasteiger partial charge in [0.15, 0.2) is 12.4 Å². The maximum atomic E-state index is 13.9. The minimum Gasteiger partial charge on any atom is -0.457 e.